The SMILES string of the molecule is CC1(C)CC(C)(c2cccc(N)c2)c2ccc(N)cc21. The fourth-order valence-electron chi connectivity index (χ4n) is 3.82. The van der Waals surface area contributed by atoms with Gasteiger partial charge in [-0.1, -0.05) is 39.0 Å². The number of nitrogen functional groups attached to an aromatic ring is 2. The molecule has 3 rings (SSSR count). The molecule has 0 aliphatic heterocycles. The Morgan fingerprint density at radius 2 is 1.55 bits per heavy atom. The van der Waals surface area contributed by atoms with Crippen LogP contribution in [0.25, 0.3) is 0 Å². The Kier molecular flexibility index (Phi) is 2.62. The van der Waals surface area contributed by atoms with Crippen LogP contribution in [-0.4, -0.2) is 0 Å². The normalized spacial score (nSPS) is 23.6. The van der Waals surface area contributed by atoms with E-state index in [1.807, 2.05) is 18.2 Å². The lowest BCUT2D eigenvalue weighted by Crippen LogP contribution is -2.23. The summed E-state index contributed by atoms with van der Waals surface area (Å²) in [5, 5.41) is 0. The molecule has 2 aromatic rings. The van der Waals surface area contributed by atoms with Crippen molar-refractivity contribution in [2.75, 3.05) is 11.5 Å². The van der Waals surface area contributed by atoms with Crippen LogP contribution in [0.15, 0.2) is 42.5 Å². The summed E-state index contributed by atoms with van der Waals surface area (Å²) in [6.07, 6.45) is 1.07. The van der Waals surface area contributed by atoms with Gasteiger partial charge in [0, 0.05) is 16.8 Å². The van der Waals surface area contributed by atoms with Crippen molar-refractivity contribution in [1.82, 2.24) is 0 Å². The van der Waals surface area contributed by atoms with Crippen LogP contribution >= 0.6 is 0 Å². The molecule has 0 spiro atoms. The number of nitrogens with two attached hydrogens (primary N) is 2. The second kappa shape index (κ2) is 4.02. The first-order chi connectivity index (χ1) is 9.33. The summed E-state index contributed by atoms with van der Waals surface area (Å²) < 4.78 is 0. The molecule has 1 aliphatic rings. The van der Waals surface area contributed by atoms with Crippen LogP contribution < -0.4 is 11.5 Å². The smallest absolute Gasteiger partial charge is 0.0317 e. The van der Waals surface area contributed by atoms with Crippen LogP contribution in [0.2, 0.25) is 0 Å². The van der Waals surface area contributed by atoms with E-state index in [1.54, 1.807) is 0 Å². The first kappa shape index (κ1) is 13.0. The van der Waals surface area contributed by atoms with Crippen molar-refractivity contribution in [3.8, 4) is 0 Å². The zero-order valence-corrected chi connectivity index (χ0v) is 12.4. The Labute approximate surface area is 120 Å². The maximum atomic E-state index is 5.98. The van der Waals surface area contributed by atoms with E-state index in [0.717, 1.165) is 17.8 Å². The van der Waals surface area contributed by atoms with Gasteiger partial charge >= 0.3 is 0 Å². The van der Waals surface area contributed by atoms with Gasteiger partial charge in [0.05, 0.1) is 0 Å². The van der Waals surface area contributed by atoms with E-state index in [1.165, 1.54) is 16.7 Å². The van der Waals surface area contributed by atoms with Crippen LogP contribution in [0.3, 0.4) is 0 Å². The Morgan fingerprint density at radius 1 is 0.850 bits per heavy atom. The summed E-state index contributed by atoms with van der Waals surface area (Å²) in [6.45, 7) is 6.90. The first-order valence-corrected chi connectivity index (χ1v) is 7.09. The third-order valence-electron chi connectivity index (χ3n) is 4.69. The minimum Gasteiger partial charge on any atom is -0.399 e. The summed E-state index contributed by atoms with van der Waals surface area (Å²) in [5.74, 6) is 0. The highest BCUT2D eigenvalue weighted by atomic mass is 14.6. The molecule has 1 aliphatic carbocycles. The number of benzene rings is 2. The van der Waals surface area contributed by atoms with Crippen molar-refractivity contribution in [3.63, 3.8) is 0 Å². The van der Waals surface area contributed by atoms with Crippen LogP contribution in [0.1, 0.15) is 43.9 Å². The minimum absolute atomic E-state index is 0.00190. The molecule has 2 nitrogen and oxygen atoms in total. The lowest BCUT2D eigenvalue weighted by molar-refractivity contribution is 0.425. The summed E-state index contributed by atoms with van der Waals surface area (Å²) in [7, 11) is 0. The predicted octanol–water partition coefficient (Wildman–Crippen LogP) is 3.84. The zero-order chi connectivity index (χ0) is 14.5. The molecular formula is C18H22N2. The zero-order valence-electron chi connectivity index (χ0n) is 12.4. The Hall–Kier alpha value is -1.96. The molecule has 1 atom stereocenters. The van der Waals surface area contributed by atoms with E-state index in [4.69, 9.17) is 11.5 Å². The van der Waals surface area contributed by atoms with E-state index >= 15 is 0 Å². The third-order valence-corrected chi connectivity index (χ3v) is 4.69. The predicted molar refractivity (Wildman–Crippen MR) is 85.8 cm³/mol. The van der Waals surface area contributed by atoms with Gasteiger partial charge in [-0.2, -0.15) is 0 Å². The van der Waals surface area contributed by atoms with Crippen LogP contribution in [0.4, 0.5) is 11.4 Å². The van der Waals surface area contributed by atoms with Gasteiger partial charge in [-0.3, -0.25) is 0 Å². The topological polar surface area (TPSA) is 52.0 Å². The molecule has 4 N–H and O–H groups in total. The fourth-order valence-corrected chi connectivity index (χ4v) is 3.82. The van der Waals surface area contributed by atoms with Crippen LogP contribution in [0.5, 0.6) is 0 Å². The molecule has 1 unspecified atom stereocenters. The molecule has 0 bridgehead atoms. The number of hydrogen-bond donors (Lipinski definition) is 2. The number of anilines is 2. The maximum absolute atomic E-state index is 5.98. The van der Waals surface area contributed by atoms with Crippen LogP contribution in [0, 0.1) is 0 Å². The highest BCUT2D eigenvalue weighted by molar-refractivity contribution is 5.58. The second-order valence-corrected chi connectivity index (χ2v) is 6.82. The quantitative estimate of drug-likeness (QED) is 0.770. The van der Waals surface area contributed by atoms with Crippen LogP contribution in [-0.2, 0) is 10.8 Å². The largest absolute Gasteiger partial charge is 0.399 e. The Morgan fingerprint density at radius 3 is 2.25 bits per heavy atom. The van der Waals surface area contributed by atoms with E-state index in [2.05, 4.69) is 45.0 Å². The molecule has 0 fully saturated rings. The van der Waals surface area contributed by atoms with Crippen molar-refractivity contribution in [1.29, 1.82) is 0 Å². The molecule has 20 heavy (non-hydrogen) atoms. The molecule has 0 aromatic heterocycles. The molecule has 0 saturated heterocycles. The fraction of sp³-hybridized carbons (Fsp3) is 0.333. The number of rotatable bonds is 1. The van der Waals surface area contributed by atoms with E-state index in [9.17, 15) is 0 Å². The first-order valence-electron chi connectivity index (χ1n) is 7.09. The summed E-state index contributed by atoms with van der Waals surface area (Å²) in [5.41, 5.74) is 17.8. The Bertz CT molecular complexity index is 673. The standard InChI is InChI=1S/C18H22N2/c1-17(2)11-18(3,12-5-4-6-13(19)9-12)15-8-7-14(20)10-16(15)17/h4-10H,11,19-20H2,1-3H3. The summed E-state index contributed by atoms with van der Waals surface area (Å²) in [4.78, 5) is 0. The summed E-state index contributed by atoms with van der Waals surface area (Å²) in [6, 6.07) is 14.6. The lowest BCUT2D eigenvalue weighted by atomic mass is 9.75. The third kappa shape index (κ3) is 1.79. The Balaban J connectivity index is 2.23. The average Bonchev–Trinajstić information content (AvgIpc) is 2.57. The highest BCUT2D eigenvalue weighted by Crippen LogP contribution is 2.53. The molecule has 2 heteroatoms. The van der Waals surface area contributed by atoms with Gasteiger partial charge in [-0.15, -0.1) is 0 Å². The van der Waals surface area contributed by atoms with Gasteiger partial charge in [0.25, 0.3) is 0 Å². The number of hydrogen-bond acceptors (Lipinski definition) is 2. The number of fused-ring (bicyclic) bond motifs is 1. The molecule has 2 aromatic carbocycles. The van der Waals surface area contributed by atoms with Crippen molar-refractivity contribution >= 4 is 11.4 Å². The van der Waals surface area contributed by atoms with Gasteiger partial charge in [-0.05, 0) is 52.8 Å². The molecule has 0 heterocycles. The van der Waals surface area contributed by atoms with Gasteiger partial charge < -0.3 is 11.5 Å². The molecule has 0 radical (unpaired) electrons. The van der Waals surface area contributed by atoms with E-state index in [0.29, 0.717) is 0 Å². The van der Waals surface area contributed by atoms with Crippen molar-refractivity contribution < 1.29 is 0 Å². The monoisotopic (exact) mass is 266 g/mol. The lowest BCUT2D eigenvalue weighted by Gasteiger charge is -2.28. The van der Waals surface area contributed by atoms with E-state index < -0.39 is 0 Å². The maximum Gasteiger partial charge on any atom is 0.0317 e. The molecule has 0 amide bonds. The van der Waals surface area contributed by atoms with Gasteiger partial charge in [-0.25, -0.2) is 0 Å². The van der Waals surface area contributed by atoms with Gasteiger partial charge in [0.2, 0.25) is 0 Å². The van der Waals surface area contributed by atoms with Crippen molar-refractivity contribution in [2.24, 2.45) is 0 Å². The summed E-state index contributed by atoms with van der Waals surface area (Å²) >= 11 is 0. The molecule has 104 valence electrons. The van der Waals surface area contributed by atoms with Crippen molar-refractivity contribution in [3.05, 3.63) is 59.2 Å². The van der Waals surface area contributed by atoms with E-state index in [-0.39, 0.29) is 10.8 Å². The molecular weight excluding hydrogens is 244 g/mol. The van der Waals surface area contributed by atoms with Gasteiger partial charge in [0.15, 0.2) is 0 Å². The average molecular weight is 266 g/mol. The van der Waals surface area contributed by atoms with Crippen molar-refractivity contribution in [2.45, 2.75) is 38.0 Å². The van der Waals surface area contributed by atoms with Gasteiger partial charge in [0.1, 0.15) is 0 Å². The minimum atomic E-state index is 0.00190. The second-order valence-electron chi connectivity index (χ2n) is 6.82. The molecule has 0 saturated carbocycles. The highest BCUT2D eigenvalue weighted by Gasteiger charge is 2.45.